The highest BCUT2D eigenvalue weighted by molar-refractivity contribution is 6.30. The van der Waals surface area contributed by atoms with Crippen molar-refractivity contribution in [3.05, 3.63) is 55.6 Å². The van der Waals surface area contributed by atoms with Gasteiger partial charge in [-0.25, -0.2) is 13.8 Å². The fourth-order valence-corrected chi connectivity index (χ4v) is 2.08. The van der Waals surface area contributed by atoms with Crippen molar-refractivity contribution in [1.82, 2.24) is 9.13 Å². The van der Waals surface area contributed by atoms with E-state index in [1.54, 1.807) is 0 Å². The van der Waals surface area contributed by atoms with Crippen molar-refractivity contribution in [1.29, 1.82) is 0 Å². The third kappa shape index (κ3) is 2.59. The van der Waals surface area contributed by atoms with Crippen LogP contribution in [0.25, 0.3) is 5.69 Å². The van der Waals surface area contributed by atoms with Gasteiger partial charge in [0.25, 0.3) is 5.56 Å². The van der Waals surface area contributed by atoms with Crippen LogP contribution in [0.5, 0.6) is 5.75 Å². The summed E-state index contributed by atoms with van der Waals surface area (Å²) in [6.07, 6.45) is -4.94. The number of rotatable bonds is 1. The number of alkyl halides is 3. The maximum Gasteiger partial charge on any atom is 0.431 e. The van der Waals surface area contributed by atoms with Crippen molar-refractivity contribution >= 4 is 11.6 Å². The average Bonchev–Trinajstić information content (AvgIpc) is 2.35. The van der Waals surface area contributed by atoms with E-state index >= 15 is 0 Å². The Morgan fingerprint density at radius 1 is 1.18 bits per heavy atom. The van der Waals surface area contributed by atoms with Crippen LogP contribution in [0.2, 0.25) is 5.02 Å². The van der Waals surface area contributed by atoms with E-state index in [1.165, 1.54) is 0 Å². The quantitative estimate of drug-likeness (QED) is 0.809. The summed E-state index contributed by atoms with van der Waals surface area (Å²) in [6.45, 7) is 0. The summed E-state index contributed by atoms with van der Waals surface area (Å²) in [5.74, 6) is -2.09. The van der Waals surface area contributed by atoms with E-state index in [-0.39, 0.29) is 20.2 Å². The molecule has 0 amide bonds. The predicted molar refractivity (Wildman–Crippen MR) is 68.9 cm³/mol. The molecule has 5 nitrogen and oxygen atoms in total. The molecule has 0 aliphatic carbocycles. The van der Waals surface area contributed by atoms with Crippen LogP contribution in [0, 0.1) is 5.82 Å². The molecule has 1 heterocycles. The lowest BCUT2D eigenvalue weighted by Gasteiger charge is -2.15. The molecule has 1 N–H and O–H groups in total. The maximum atomic E-state index is 13.8. The maximum absolute atomic E-state index is 13.8. The van der Waals surface area contributed by atoms with E-state index in [9.17, 15) is 32.3 Å². The molecule has 2 rings (SSSR count). The molecule has 0 aliphatic heterocycles. The largest absolute Gasteiger partial charge is 0.506 e. The lowest BCUT2D eigenvalue weighted by atomic mass is 10.2. The molecule has 0 bridgehead atoms. The van der Waals surface area contributed by atoms with Gasteiger partial charge in [-0.15, -0.1) is 0 Å². The van der Waals surface area contributed by atoms with E-state index in [0.717, 1.165) is 13.1 Å². The van der Waals surface area contributed by atoms with Gasteiger partial charge in [0.2, 0.25) is 0 Å². The van der Waals surface area contributed by atoms with Crippen LogP contribution in [0.1, 0.15) is 5.69 Å². The molecule has 0 spiro atoms. The van der Waals surface area contributed by atoms with Gasteiger partial charge in [0, 0.05) is 24.2 Å². The Morgan fingerprint density at radius 3 is 2.27 bits per heavy atom. The van der Waals surface area contributed by atoms with E-state index in [2.05, 4.69) is 0 Å². The molecule has 0 radical (unpaired) electrons. The van der Waals surface area contributed by atoms with Gasteiger partial charge in [0.05, 0.1) is 0 Å². The van der Waals surface area contributed by atoms with Crippen LogP contribution in [-0.2, 0) is 13.2 Å². The first-order chi connectivity index (χ1) is 10.0. The Kier molecular flexibility index (Phi) is 3.78. The lowest BCUT2D eigenvalue weighted by Crippen LogP contribution is -2.41. The summed E-state index contributed by atoms with van der Waals surface area (Å²) >= 11 is 5.49. The zero-order valence-corrected chi connectivity index (χ0v) is 11.5. The average molecular weight is 339 g/mol. The van der Waals surface area contributed by atoms with Gasteiger partial charge in [-0.1, -0.05) is 11.6 Å². The Bertz CT molecular complexity index is 847. The Morgan fingerprint density at radius 2 is 1.77 bits per heavy atom. The van der Waals surface area contributed by atoms with Crippen molar-refractivity contribution in [2.75, 3.05) is 0 Å². The fraction of sp³-hybridized carbons (Fsp3) is 0.167. The standard InChI is InChI=1S/C12H7ClF4N2O3/c1-18-8(12(15,16)17)4-9(21)19(11(18)22)10-6(14)2-5(13)3-7(10)20/h2-4,20H,1H3. The molecule has 0 atom stereocenters. The minimum Gasteiger partial charge on any atom is -0.506 e. The number of halogens is 5. The fourth-order valence-electron chi connectivity index (χ4n) is 1.88. The highest BCUT2D eigenvalue weighted by atomic mass is 35.5. The van der Waals surface area contributed by atoms with Crippen molar-refractivity contribution in [2.24, 2.45) is 7.05 Å². The minimum absolute atomic E-state index is 0.0935. The molecule has 0 aliphatic rings. The number of hydrogen-bond acceptors (Lipinski definition) is 3. The first-order valence-corrected chi connectivity index (χ1v) is 6.00. The number of benzene rings is 1. The molecular weight excluding hydrogens is 332 g/mol. The molecule has 1 aromatic carbocycles. The van der Waals surface area contributed by atoms with Crippen molar-refractivity contribution in [2.45, 2.75) is 6.18 Å². The van der Waals surface area contributed by atoms with Gasteiger partial charge in [-0.2, -0.15) is 13.2 Å². The SMILES string of the molecule is Cn1c(C(F)(F)F)cc(=O)n(-c2c(O)cc(Cl)cc2F)c1=O. The van der Waals surface area contributed by atoms with Gasteiger partial charge < -0.3 is 5.11 Å². The second-order valence-electron chi connectivity index (χ2n) is 4.30. The van der Waals surface area contributed by atoms with Gasteiger partial charge in [-0.05, 0) is 6.07 Å². The number of aromatic hydroxyl groups is 1. The zero-order chi connectivity index (χ0) is 16.8. The van der Waals surface area contributed by atoms with E-state index < -0.39 is 40.4 Å². The number of phenols is 1. The second kappa shape index (κ2) is 5.16. The summed E-state index contributed by atoms with van der Waals surface area (Å²) in [6, 6.07) is 1.69. The number of aromatic nitrogens is 2. The molecule has 1 aromatic heterocycles. The lowest BCUT2D eigenvalue weighted by molar-refractivity contribution is -0.144. The van der Waals surface area contributed by atoms with Crippen molar-refractivity contribution in [3.63, 3.8) is 0 Å². The van der Waals surface area contributed by atoms with Crippen LogP contribution >= 0.6 is 11.6 Å². The predicted octanol–water partition coefficient (Wildman–Crippen LogP) is 2.05. The highest BCUT2D eigenvalue weighted by Crippen LogP contribution is 2.29. The molecule has 0 unspecified atom stereocenters. The van der Waals surface area contributed by atoms with Gasteiger partial charge in [-0.3, -0.25) is 9.36 Å². The molecule has 2 aromatic rings. The first kappa shape index (κ1) is 16.1. The molecule has 118 valence electrons. The van der Waals surface area contributed by atoms with E-state index in [0.29, 0.717) is 6.07 Å². The zero-order valence-electron chi connectivity index (χ0n) is 10.8. The topological polar surface area (TPSA) is 64.2 Å². The molecule has 22 heavy (non-hydrogen) atoms. The second-order valence-corrected chi connectivity index (χ2v) is 4.73. The smallest absolute Gasteiger partial charge is 0.431 e. The number of phenolic OH excluding ortho intramolecular Hbond substituents is 1. The van der Waals surface area contributed by atoms with Crippen molar-refractivity contribution < 1.29 is 22.7 Å². The van der Waals surface area contributed by atoms with E-state index in [1.807, 2.05) is 0 Å². The summed E-state index contributed by atoms with van der Waals surface area (Å²) < 4.78 is 52.2. The summed E-state index contributed by atoms with van der Waals surface area (Å²) in [5, 5.41) is 9.43. The van der Waals surface area contributed by atoms with Crippen LogP contribution in [0.4, 0.5) is 17.6 Å². The van der Waals surface area contributed by atoms with Gasteiger partial charge in [0.15, 0.2) is 5.82 Å². The van der Waals surface area contributed by atoms with E-state index in [4.69, 9.17) is 11.6 Å². The van der Waals surface area contributed by atoms with Crippen LogP contribution in [-0.4, -0.2) is 14.2 Å². The Balaban J connectivity index is 2.89. The summed E-state index contributed by atoms with van der Waals surface area (Å²) in [4.78, 5) is 23.8. The highest BCUT2D eigenvalue weighted by Gasteiger charge is 2.35. The summed E-state index contributed by atoms with van der Waals surface area (Å²) in [7, 11) is 0.770. The number of nitrogens with zero attached hydrogens (tertiary/aromatic N) is 2. The molecule has 0 fully saturated rings. The molecule has 0 saturated carbocycles. The third-order valence-corrected chi connectivity index (χ3v) is 3.06. The summed E-state index contributed by atoms with van der Waals surface area (Å²) in [5.41, 5.74) is -5.26. The van der Waals surface area contributed by atoms with Gasteiger partial charge in [0.1, 0.15) is 17.1 Å². The Hall–Kier alpha value is -2.29. The minimum atomic E-state index is -4.94. The van der Waals surface area contributed by atoms with Crippen LogP contribution < -0.4 is 11.2 Å². The molecule has 10 heteroatoms. The van der Waals surface area contributed by atoms with Crippen molar-refractivity contribution in [3.8, 4) is 11.4 Å². The third-order valence-electron chi connectivity index (χ3n) is 2.84. The first-order valence-electron chi connectivity index (χ1n) is 5.62. The monoisotopic (exact) mass is 338 g/mol. The number of hydrogen-bond donors (Lipinski definition) is 1. The van der Waals surface area contributed by atoms with Crippen LogP contribution in [0.3, 0.4) is 0 Å². The molecule has 0 saturated heterocycles. The Labute approximate surface area is 124 Å². The normalized spacial score (nSPS) is 11.7. The van der Waals surface area contributed by atoms with Gasteiger partial charge >= 0.3 is 11.9 Å². The van der Waals surface area contributed by atoms with Crippen LogP contribution in [0.15, 0.2) is 27.8 Å². The molecular formula is C12H7ClF4N2O3.